The molecule has 0 saturated heterocycles. The van der Waals surface area contributed by atoms with Gasteiger partial charge in [0.1, 0.15) is 0 Å². The molecule has 0 unspecified atom stereocenters. The first-order valence-electron chi connectivity index (χ1n) is 4.47. The molecule has 0 radical (unpaired) electrons. The van der Waals surface area contributed by atoms with E-state index in [1.54, 1.807) is 32.1 Å². The van der Waals surface area contributed by atoms with E-state index in [0.717, 1.165) is 10.9 Å². The van der Waals surface area contributed by atoms with Gasteiger partial charge < -0.3 is 9.64 Å². The van der Waals surface area contributed by atoms with E-state index in [1.807, 2.05) is 30.3 Å². The molecule has 0 saturated carbocycles. The van der Waals surface area contributed by atoms with Crippen LogP contribution in [0.25, 0.3) is 0 Å². The first-order valence-corrected chi connectivity index (χ1v) is 5.70. The molecular formula is C10H15N3OS. The maximum Gasteiger partial charge on any atom is 0.213 e. The van der Waals surface area contributed by atoms with Crippen LogP contribution in [-0.2, 0) is 0 Å². The second-order valence-electron chi connectivity index (χ2n) is 2.83. The smallest absolute Gasteiger partial charge is 0.213 e. The Balaban J connectivity index is 2.86. The van der Waals surface area contributed by atoms with Crippen molar-refractivity contribution in [1.82, 2.24) is 4.98 Å². The topological polar surface area (TPSA) is 37.7 Å². The monoisotopic (exact) mass is 225 g/mol. The largest absolute Gasteiger partial charge is 0.481 e. The van der Waals surface area contributed by atoms with Gasteiger partial charge in [0.15, 0.2) is 5.17 Å². The highest BCUT2D eigenvalue weighted by Crippen LogP contribution is 2.17. The summed E-state index contributed by atoms with van der Waals surface area (Å²) in [5, 5.41) is 0.946. The Morgan fingerprint density at radius 3 is 2.67 bits per heavy atom. The van der Waals surface area contributed by atoms with Gasteiger partial charge in [-0.1, -0.05) is 11.8 Å². The Hall–Kier alpha value is -1.23. The molecule has 82 valence electrons. The third-order valence-corrected chi connectivity index (χ3v) is 2.80. The lowest BCUT2D eigenvalue weighted by Crippen LogP contribution is -2.23. The van der Waals surface area contributed by atoms with Gasteiger partial charge in [-0.3, -0.25) is 4.99 Å². The van der Waals surface area contributed by atoms with Gasteiger partial charge in [0.05, 0.1) is 19.0 Å². The predicted octanol–water partition coefficient (Wildman–Crippen LogP) is 1.88. The van der Waals surface area contributed by atoms with Gasteiger partial charge in [0.2, 0.25) is 5.88 Å². The number of aromatic nitrogens is 1. The fraction of sp³-hybridized carbons (Fsp3) is 0.400. The highest BCUT2D eigenvalue weighted by atomic mass is 32.2. The highest BCUT2D eigenvalue weighted by Gasteiger charge is 2.07. The quantitative estimate of drug-likeness (QED) is 0.569. The van der Waals surface area contributed by atoms with Gasteiger partial charge in [-0.15, -0.1) is 0 Å². The van der Waals surface area contributed by atoms with Crippen LogP contribution in [0.5, 0.6) is 5.88 Å². The minimum Gasteiger partial charge on any atom is -0.481 e. The molecule has 1 aromatic heterocycles. The van der Waals surface area contributed by atoms with Crippen LogP contribution < -0.4 is 9.64 Å². The van der Waals surface area contributed by atoms with Crippen molar-refractivity contribution in [3.8, 4) is 5.88 Å². The lowest BCUT2D eigenvalue weighted by Gasteiger charge is -2.18. The molecule has 0 aromatic carbocycles. The average Bonchev–Trinajstić information content (AvgIpc) is 2.30. The maximum absolute atomic E-state index is 5.00. The van der Waals surface area contributed by atoms with Gasteiger partial charge in [-0.2, -0.15) is 0 Å². The number of anilines is 1. The second-order valence-corrected chi connectivity index (χ2v) is 3.60. The van der Waals surface area contributed by atoms with Crippen molar-refractivity contribution in [3.63, 3.8) is 0 Å². The molecule has 0 aliphatic carbocycles. The third kappa shape index (κ3) is 2.86. The summed E-state index contributed by atoms with van der Waals surface area (Å²) in [4.78, 5) is 10.3. The Labute approximate surface area is 94.4 Å². The molecule has 0 aliphatic heterocycles. The number of rotatable bonds is 2. The van der Waals surface area contributed by atoms with Gasteiger partial charge >= 0.3 is 0 Å². The van der Waals surface area contributed by atoms with E-state index in [1.165, 1.54) is 0 Å². The van der Waals surface area contributed by atoms with Crippen LogP contribution in [-0.4, -0.2) is 37.6 Å². The minimum absolute atomic E-state index is 0.617. The Morgan fingerprint density at radius 1 is 1.53 bits per heavy atom. The van der Waals surface area contributed by atoms with Crippen LogP contribution in [0.1, 0.15) is 0 Å². The molecule has 0 atom stereocenters. The molecule has 0 fully saturated rings. The molecule has 0 aliphatic rings. The summed E-state index contributed by atoms with van der Waals surface area (Å²) in [5.41, 5.74) is 0.991. The molecule has 1 aromatic rings. The Bertz CT molecular complexity index is 337. The van der Waals surface area contributed by atoms with Crippen molar-refractivity contribution in [2.75, 3.05) is 32.4 Å². The molecule has 15 heavy (non-hydrogen) atoms. The van der Waals surface area contributed by atoms with E-state index in [4.69, 9.17) is 4.74 Å². The van der Waals surface area contributed by atoms with Crippen molar-refractivity contribution < 1.29 is 4.74 Å². The van der Waals surface area contributed by atoms with Gasteiger partial charge in [0, 0.05) is 20.2 Å². The summed E-state index contributed by atoms with van der Waals surface area (Å²) in [6, 6.07) is 3.78. The van der Waals surface area contributed by atoms with Gasteiger partial charge in [-0.25, -0.2) is 4.98 Å². The fourth-order valence-electron chi connectivity index (χ4n) is 1.18. The molecule has 0 amide bonds. The molecule has 0 bridgehead atoms. The maximum atomic E-state index is 5.00. The van der Waals surface area contributed by atoms with E-state index in [0.29, 0.717) is 5.88 Å². The lowest BCUT2D eigenvalue weighted by atomic mass is 10.4. The Morgan fingerprint density at radius 2 is 2.27 bits per heavy atom. The van der Waals surface area contributed by atoms with E-state index in [-0.39, 0.29) is 0 Å². The van der Waals surface area contributed by atoms with Crippen LogP contribution in [0.4, 0.5) is 5.69 Å². The summed E-state index contributed by atoms with van der Waals surface area (Å²) in [7, 11) is 5.34. The standard InChI is InChI=1S/C10H15N3OS/c1-11-10(15-4)13(2)8-5-6-9(14-3)12-7-8/h5-7H,1-4H3/b11-10-. The first kappa shape index (κ1) is 11.8. The molecule has 4 nitrogen and oxygen atoms in total. The van der Waals surface area contributed by atoms with Gasteiger partial charge in [-0.05, 0) is 12.3 Å². The number of methoxy groups -OCH3 is 1. The molecule has 1 heterocycles. The van der Waals surface area contributed by atoms with Gasteiger partial charge in [0.25, 0.3) is 0 Å². The van der Waals surface area contributed by atoms with Crippen LogP contribution in [0, 0.1) is 0 Å². The number of aliphatic imine (C=N–C) groups is 1. The molecule has 1 rings (SSSR count). The molecule has 0 spiro atoms. The number of hydrogen-bond acceptors (Lipinski definition) is 4. The SMILES string of the molecule is C/N=C(\SC)N(C)c1ccc(OC)nc1. The molecular weight excluding hydrogens is 210 g/mol. The number of nitrogens with zero attached hydrogens (tertiary/aromatic N) is 3. The number of ether oxygens (including phenoxy) is 1. The summed E-state index contributed by atoms with van der Waals surface area (Å²) in [5.74, 6) is 0.617. The average molecular weight is 225 g/mol. The molecule has 0 N–H and O–H groups in total. The molecule has 5 heteroatoms. The van der Waals surface area contributed by atoms with Crippen molar-refractivity contribution in [3.05, 3.63) is 18.3 Å². The van der Waals surface area contributed by atoms with Crippen LogP contribution in [0.3, 0.4) is 0 Å². The van der Waals surface area contributed by atoms with E-state index >= 15 is 0 Å². The number of amidine groups is 1. The van der Waals surface area contributed by atoms with E-state index in [9.17, 15) is 0 Å². The third-order valence-electron chi connectivity index (χ3n) is 1.98. The normalized spacial score (nSPS) is 11.3. The predicted molar refractivity (Wildman–Crippen MR) is 66.1 cm³/mol. The summed E-state index contributed by atoms with van der Waals surface area (Å²) < 4.78 is 5.00. The summed E-state index contributed by atoms with van der Waals surface area (Å²) in [6.45, 7) is 0. The first-order chi connectivity index (χ1) is 7.22. The summed E-state index contributed by atoms with van der Waals surface area (Å²) >= 11 is 1.60. The van der Waals surface area contributed by atoms with Crippen LogP contribution in [0.2, 0.25) is 0 Å². The number of hydrogen-bond donors (Lipinski definition) is 0. The second kappa shape index (κ2) is 5.60. The van der Waals surface area contributed by atoms with E-state index < -0.39 is 0 Å². The van der Waals surface area contributed by atoms with Crippen LogP contribution in [0.15, 0.2) is 23.3 Å². The van der Waals surface area contributed by atoms with Crippen LogP contribution >= 0.6 is 11.8 Å². The number of thioether (sulfide) groups is 1. The lowest BCUT2D eigenvalue weighted by molar-refractivity contribution is 0.398. The van der Waals surface area contributed by atoms with E-state index in [2.05, 4.69) is 9.98 Å². The Kier molecular flexibility index (Phi) is 4.42. The van der Waals surface area contributed by atoms with Crippen molar-refractivity contribution in [2.24, 2.45) is 4.99 Å². The van der Waals surface area contributed by atoms with Crippen molar-refractivity contribution in [1.29, 1.82) is 0 Å². The zero-order chi connectivity index (χ0) is 11.3. The zero-order valence-electron chi connectivity index (χ0n) is 9.39. The number of pyridine rings is 1. The van der Waals surface area contributed by atoms with Crippen molar-refractivity contribution >= 4 is 22.6 Å². The summed E-state index contributed by atoms with van der Waals surface area (Å²) in [6.07, 6.45) is 3.76. The van der Waals surface area contributed by atoms with Crippen molar-refractivity contribution in [2.45, 2.75) is 0 Å². The fourth-order valence-corrected chi connectivity index (χ4v) is 1.74. The minimum atomic E-state index is 0.617. The zero-order valence-corrected chi connectivity index (χ0v) is 10.2. The highest BCUT2D eigenvalue weighted by molar-refractivity contribution is 8.13.